The summed E-state index contributed by atoms with van der Waals surface area (Å²) in [5.41, 5.74) is 2.50. The summed E-state index contributed by atoms with van der Waals surface area (Å²) in [5.74, 6) is -0.0511. The van der Waals surface area contributed by atoms with Gasteiger partial charge >= 0.3 is 0 Å². The first-order valence-electron chi connectivity index (χ1n) is 8.23. The average molecular weight is 457 g/mol. The standard InChI is InChI=1S/C15H18BrFN8O3/c16-10-5-9(1-2-11(10)17)20-15(22-27)12-14(24-28-23-12)19-3-4-25-6-8(7-25)13(18)21-26/h1-2,5,8,26-27H,3-4,6-7H2,(H2,18,21)(H,19,24)(H,20,22). The van der Waals surface area contributed by atoms with Crippen molar-refractivity contribution in [3.8, 4) is 0 Å². The van der Waals surface area contributed by atoms with E-state index in [9.17, 15) is 9.60 Å². The summed E-state index contributed by atoms with van der Waals surface area (Å²) >= 11 is 3.09. The fraction of sp³-hybridized carbons (Fsp3) is 0.333. The maximum atomic E-state index is 13.3. The molecule has 2 heterocycles. The second-order valence-corrected chi connectivity index (χ2v) is 6.93. The van der Waals surface area contributed by atoms with Crippen molar-refractivity contribution >= 4 is 39.1 Å². The molecule has 0 unspecified atom stereocenters. The molecule has 0 atom stereocenters. The maximum Gasteiger partial charge on any atom is 0.203 e. The van der Waals surface area contributed by atoms with Crippen LogP contribution in [0.2, 0.25) is 0 Å². The molecule has 28 heavy (non-hydrogen) atoms. The molecule has 1 fully saturated rings. The third kappa shape index (κ3) is 4.55. The van der Waals surface area contributed by atoms with Crippen molar-refractivity contribution < 1.29 is 19.4 Å². The molecule has 6 N–H and O–H groups in total. The Balaban J connectivity index is 1.55. The van der Waals surface area contributed by atoms with Crippen LogP contribution >= 0.6 is 15.9 Å². The normalized spacial score (nSPS) is 15.2. The van der Waals surface area contributed by atoms with Crippen LogP contribution in [0.4, 0.5) is 15.9 Å². The summed E-state index contributed by atoms with van der Waals surface area (Å²) in [6, 6.07) is 4.22. The van der Waals surface area contributed by atoms with Gasteiger partial charge in [-0.25, -0.2) is 9.02 Å². The van der Waals surface area contributed by atoms with E-state index in [0.29, 0.717) is 31.9 Å². The van der Waals surface area contributed by atoms with Crippen molar-refractivity contribution in [2.75, 3.05) is 36.8 Å². The molecule has 2 aromatic rings. The number of aromatic nitrogens is 2. The first-order chi connectivity index (χ1) is 13.5. The smallest absolute Gasteiger partial charge is 0.203 e. The minimum absolute atomic E-state index is 0.00151. The molecule has 13 heteroatoms. The van der Waals surface area contributed by atoms with Gasteiger partial charge in [-0.3, -0.25) is 16.1 Å². The Kier molecular flexibility index (Phi) is 6.38. The highest BCUT2D eigenvalue weighted by Gasteiger charge is 2.29. The topological polar surface area (TPSA) is 155 Å². The van der Waals surface area contributed by atoms with Crippen molar-refractivity contribution in [3.63, 3.8) is 0 Å². The highest BCUT2D eigenvalue weighted by Crippen LogP contribution is 2.21. The molecule has 1 aromatic carbocycles. The van der Waals surface area contributed by atoms with Crippen molar-refractivity contribution in [1.82, 2.24) is 20.7 Å². The Morgan fingerprint density at radius 1 is 1.43 bits per heavy atom. The van der Waals surface area contributed by atoms with Gasteiger partial charge in [-0.1, -0.05) is 5.16 Å². The SMILES string of the molecule is N=C(NO)C1CN(CCNc2nonc2/C(=N/O)Nc2ccc(F)c(Br)c2)C1. The second kappa shape index (κ2) is 8.95. The van der Waals surface area contributed by atoms with Gasteiger partial charge in [0.25, 0.3) is 0 Å². The highest BCUT2D eigenvalue weighted by molar-refractivity contribution is 9.10. The van der Waals surface area contributed by atoms with Crippen LogP contribution in [0.1, 0.15) is 5.69 Å². The molecule has 1 saturated heterocycles. The van der Waals surface area contributed by atoms with Gasteiger partial charge < -0.3 is 20.7 Å². The molecule has 1 aliphatic rings. The number of hydrogen-bond acceptors (Lipinski definition) is 9. The fourth-order valence-electron chi connectivity index (χ4n) is 2.66. The average Bonchev–Trinajstić information content (AvgIpc) is 3.12. The zero-order valence-corrected chi connectivity index (χ0v) is 16.1. The lowest BCUT2D eigenvalue weighted by molar-refractivity contribution is 0.131. The number of nitrogens with zero attached hydrogens (tertiary/aromatic N) is 4. The van der Waals surface area contributed by atoms with Crippen molar-refractivity contribution in [3.05, 3.63) is 34.2 Å². The summed E-state index contributed by atoms with van der Waals surface area (Å²) < 4.78 is 18.3. The molecule has 0 radical (unpaired) electrons. The molecule has 1 aliphatic heterocycles. The number of nitrogens with one attached hydrogen (secondary N) is 4. The van der Waals surface area contributed by atoms with Gasteiger partial charge in [0.05, 0.1) is 4.47 Å². The summed E-state index contributed by atoms with van der Waals surface area (Å²) in [5, 5.41) is 42.1. The molecule has 0 saturated carbocycles. The van der Waals surface area contributed by atoms with Gasteiger partial charge in [-0.05, 0) is 44.4 Å². The van der Waals surface area contributed by atoms with E-state index in [-0.39, 0.29) is 33.6 Å². The zero-order chi connectivity index (χ0) is 20.1. The number of hydrogen-bond donors (Lipinski definition) is 6. The van der Waals surface area contributed by atoms with Crippen molar-refractivity contribution in [2.24, 2.45) is 11.1 Å². The van der Waals surface area contributed by atoms with E-state index < -0.39 is 5.82 Å². The van der Waals surface area contributed by atoms with Gasteiger partial charge in [0.15, 0.2) is 5.69 Å². The van der Waals surface area contributed by atoms with Crippen LogP contribution < -0.4 is 16.1 Å². The lowest BCUT2D eigenvalue weighted by atomic mass is 9.99. The molecule has 0 bridgehead atoms. The number of oxime groups is 1. The molecule has 150 valence electrons. The Bertz CT molecular complexity index is 871. The first-order valence-corrected chi connectivity index (χ1v) is 9.03. The third-order valence-electron chi connectivity index (χ3n) is 4.20. The van der Waals surface area contributed by atoms with Crippen LogP contribution in [0.25, 0.3) is 0 Å². The number of rotatable bonds is 7. The predicted molar refractivity (Wildman–Crippen MR) is 101 cm³/mol. The van der Waals surface area contributed by atoms with Crippen LogP contribution in [0.15, 0.2) is 32.5 Å². The fourth-order valence-corrected chi connectivity index (χ4v) is 3.04. The van der Waals surface area contributed by atoms with Crippen LogP contribution in [0, 0.1) is 17.1 Å². The number of amidine groups is 2. The molecule has 0 aliphatic carbocycles. The highest BCUT2D eigenvalue weighted by atomic mass is 79.9. The van der Waals surface area contributed by atoms with E-state index in [0.717, 1.165) is 0 Å². The summed E-state index contributed by atoms with van der Waals surface area (Å²) in [7, 11) is 0. The van der Waals surface area contributed by atoms with Gasteiger partial charge in [0.1, 0.15) is 11.7 Å². The van der Waals surface area contributed by atoms with Crippen molar-refractivity contribution in [2.45, 2.75) is 0 Å². The van der Waals surface area contributed by atoms with Crippen LogP contribution in [-0.4, -0.2) is 63.5 Å². The summed E-state index contributed by atoms with van der Waals surface area (Å²) in [4.78, 5) is 2.09. The lowest BCUT2D eigenvalue weighted by Crippen LogP contribution is -2.53. The van der Waals surface area contributed by atoms with Crippen LogP contribution in [-0.2, 0) is 0 Å². The van der Waals surface area contributed by atoms with E-state index in [2.05, 4.69) is 46.9 Å². The van der Waals surface area contributed by atoms with Crippen LogP contribution in [0.3, 0.4) is 0 Å². The minimum Gasteiger partial charge on any atom is -0.409 e. The molecule has 0 amide bonds. The van der Waals surface area contributed by atoms with E-state index in [4.69, 9.17) is 15.2 Å². The summed E-state index contributed by atoms with van der Waals surface area (Å²) in [6.07, 6.45) is 0. The Morgan fingerprint density at radius 3 is 2.89 bits per heavy atom. The van der Waals surface area contributed by atoms with Gasteiger partial charge in [-0.15, -0.1) is 0 Å². The molecular weight excluding hydrogens is 439 g/mol. The van der Waals surface area contributed by atoms with E-state index in [1.807, 2.05) is 5.48 Å². The predicted octanol–water partition coefficient (Wildman–Crippen LogP) is 1.52. The third-order valence-corrected chi connectivity index (χ3v) is 4.81. The monoisotopic (exact) mass is 456 g/mol. The van der Waals surface area contributed by atoms with Crippen molar-refractivity contribution in [1.29, 1.82) is 5.41 Å². The number of halogens is 2. The van der Waals surface area contributed by atoms with Gasteiger partial charge in [-0.2, -0.15) is 0 Å². The quantitative estimate of drug-likeness (QED) is 0.157. The number of anilines is 2. The first kappa shape index (κ1) is 20.0. The number of hydroxylamine groups is 1. The number of likely N-dealkylation sites (tertiary alicyclic amines) is 1. The minimum atomic E-state index is -0.420. The molecule has 3 rings (SSSR count). The van der Waals surface area contributed by atoms with E-state index >= 15 is 0 Å². The molecular formula is C15H18BrFN8O3. The summed E-state index contributed by atoms with van der Waals surface area (Å²) in [6.45, 7) is 2.52. The van der Waals surface area contributed by atoms with Gasteiger partial charge in [0, 0.05) is 37.8 Å². The lowest BCUT2D eigenvalue weighted by Gasteiger charge is -2.38. The largest absolute Gasteiger partial charge is 0.409 e. The second-order valence-electron chi connectivity index (χ2n) is 6.07. The van der Waals surface area contributed by atoms with E-state index in [1.165, 1.54) is 18.2 Å². The molecule has 0 spiro atoms. The van der Waals surface area contributed by atoms with Crippen LogP contribution in [0.5, 0.6) is 0 Å². The van der Waals surface area contributed by atoms with Gasteiger partial charge in [0.2, 0.25) is 11.7 Å². The Morgan fingerprint density at radius 2 is 2.21 bits per heavy atom. The number of benzene rings is 1. The maximum absolute atomic E-state index is 13.3. The Labute approximate surface area is 167 Å². The molecule has 11 nitrogen and oxygen atoms in total. The Hall–Kier alpha value is -2.77. The molecule has 1 aromatic heterocycles. The van der Waals surface area contributed by atoms with E-state index in [1.54, 1.807) is 0 Å². The zero-order valence-electron chi connectivity index (χ0n) is 14.5.